The number of benzene rings is 2. The van der Waals surface area contributed by atoms with Crippen molar-refractivity contribution >= 4 is 17.1 Å². The van der Waals surface area contributed by atoms with Gasteiger partial charge in [0.05, 0.1) is 31.8 Å². The zero-order chi connectivity index (χ0) is 23.7. The van der Waals surface area contributed by atoms with Crippen molar-refractivity contribution in [1.29, 1.82) is 0 Å². The second-order valence-electron chi connectivity index (χ2n) is 7.95. The number of nitrogens with zero attached hydrogens (tertiary/aromatic N) is 3. The molecular weight excluding hydrogens is 450 g/mol. The van der Waals surface area contributed by atoms with Crippen LogP contribution < -0.4 is 15.0 Å². The first kappa shape index (κ1) is 22.5. The maximum atomic E-state index is 13.6. The van der Waals surface area contributed by atoms with Crippen LogP contribution in [0.15, 0.2) is 59.5 Å². The number of aryl methyl sites for hydroxylation is 1. The number of halogens is 1. The number of hydrogen-bond donors (Lipinski definition) is 0. The van der Waals surface area contributed by atoms with Crippen LogP contribution in [0.5, 0.6) is 11.5 Å². The van der Waals surface area contributed by atoms with Gasteiger partial charge in [-0.25, -0.2) is 4.52 Å². The molecule has 1 fully saturated rings. The molecule has 2 heterocycles. The third-order valence-electron chi connectivity index (χ3n) is 5.91. The van der Waals surface area contributed by atoms with Crippen molar-refractivity contribution in [2.75, 3.05) is 14.2 Å². The second kappa shape index (κ2) is 9.55. The van der Waals surface area contributed by atoms with Crippen molar-refractivity contribution < 1.29 is 9.47 Å². The number of methoxy groups -OCH3 is 2. The molecule has 0 unspecified atom stereocenters. The second-order valence-corrected chi connectivity index (χ2v) is 8.39. The fourth-order valence-electron chi connectivity index (χ4n) is 4.12. The largest absolute Gasteiger partial charge is 0.493 e. The number of ether oxygens (including phenoxy) is 2. The summed E-state index contributed by atoms with van der Waals surface area (Å²) < 4.78 is 14.2. The number of rotatable bonds is 7. The van der Waals surface area contributed by atoms with Crippen molar-refractivity contribution in [2.24, 2.45) is 0 Å². The molecule has 34 heavy (non-hydrogen) atoms. The molecule has 0 saturated heterocycles. The number of fused-ring (bicyclic) bond motifs is 1. The van der Waals surface area contributed by atoms with E-state index in [4.69, 9.17) is 21.1 Å². The summed E-state index contributed by atoms with van der Waals surface area (Å²) in [5.41, 5.74) is 3.89. The molecule has 5 rings (SSSR count). The lowest BCUT2D eigenvalue weighted by atomic mass is 10.0. The van der Waals surface area contributed by atoms with Crippen LogP contribution in [0.25, 0.3) is 16.8 Å². The summed E-state index contributed by atoms with van der Waals surface area (Å²) in [6.07, 6.45) is 10.4. The van der Waals surface area contributed by atoms with Crippen LogP contribution in [0.3, 0.4) is 0 Å². The lowest BCUT2D eigenvalue weighted by molar-refractivity contribution is 0.354. The molecule has 6 nitrogen and oxygen atoms in total. The standard InChI is InChI=1S/C27H23ClN3O3/c1-33-25-12-7-18(15-26(25)34-2)13-14-30-24(20-8-10-21(28)11-9-20)17-31-23(27(30)32)16-22(29-31)19-5-3-4-6-19/h3-12,15-17H,13-14H2,1-2H3. The van der Waals surface area contributed by atoms with Crippen molar-refractivity contribution in [2.45, 2.75) is 13.0 Å². The Labute approximate surface area is 203 Å². The highest BCUT2D eigenvalue weighted by molar-refractivity contribution is 6.30. The summed E-state index contributed by atoms with van der Waals surface area (Å²) in [7, 11) is 3.22. The Bertz CT molecular complexity index is 1370. The SMILES string of the molecule is COc1ccc(CCn2c(-c3ccc(Cl)cc3)cn3nc([C]4[CH][CH][CH][CH]4)cc3c2=O)cc1OC. The molecule has 171 valence electrons. The fourth-order valence-corrected chi connectivity index (χ4v) is 4.25. The average Bonchev–Trinajstić information content (AvgIpc) is 3.54. The van der Waals surface area contributed by atoms with Crippen LogP contribution in [0.1, 0.15) is 11.3 Å². The lowest BCUT2D eigenvalue weighted by Gasteiger charge is -2.15. The number of aromatic nitrogens is 3. The van der Waals surface area contributed by atoms with Gasteiger partial charge in [0, 0.05) is 17.5 Å². The van der Waals surface area contributed by atoms with Crippen LogP contribution in [0.2, 0.25) is 5.02 Å². The highest BCUT2D eigenvalue weighted by Crippen LogP contribution is 2.31. The van der Waals surface area contributed by atoms with Crippen LogP contribution in [-0.4, -0.2) is 28.4 Å². The molecule has 4 aromatic rings. The van der Waals surface area contributed by atoms with E-state index in [1.807, 2.05) is 80.4 Å². The van der Waals surface area contributed by atoms with Crippen LogP contribution >= 0.6 is 11.6 Å². The van der Waals surface area contributed by atoms with E-state index in [2.05, 4.69) is 5.10 Å². The van der Waals surface area contributed by atoms with E-state index < -0.39 is 0 Å². The Morgan fingerprint density at radius 3 is 2.38 bits per heavy atom. The third-order valence-corrected chi connectivity index (χ3v) is 6.16. The molecule has 2 aromatic carbocycles. The van der Waals surface area contributed by atoms with Gasteiger partial charge < -0.3 is 14.0 Å². The monoisotopic (exact) mass is 472 g/mol. The van der Waals surface area contributed by atoms with Crippen molar-refractivity contribution in [3.63, 3.8) is 0 Å². The normalized spacial score (nSPS) is 14.1. The zero-order valence-electron chi connectivity index (χ0n) is 18.9. The maximum Gasteiger partial charge on any atom is 0.277 e. The van der Waals surface area contributed by atoms with E-state index in [1.54, 1.807) is 23.3 Å². The molecule has 2 aromatic heterocycles. The Kier molecular flexibility index (Phi) is 6.33. The van der Waals surface area contributed by atoms with Crippen molar-refractivity contribution in [3.8, 4) is 22.8 Å². The van der Waals surface area contributed by atoms with E-state index in [9.17, 15) is 4.79 Å². The van der Waals surface area contributed by atoms with Crippen LogP contribution in [0.4, 0.5) is 0 Å². The minimum atomic E-state index is -0.0989. The van der Waals surface area contributed by atoms with Gasteiger partial charge in [0.1, 0.15) is 5.52 Å². The average molecular weight is 473 g/mol. The fraction of sp³-hybridized carbons (Fsp3) is 0.148. The van der Waals surface area contributed by atoms with Gasteiger partial charge in [-0.2, -0.15) is 5.10 Å². The Hall–Kier alpha value is -3.25. The molecule has 5 radical (unpaired) electrons. The molecular formula is C27H23ClN3O3. The Balaban J connectivity index is 1.56. The first-order valence-corrected chi connectivity index (χ1v) is 11.3. The first-order chi connectivity index (χ1) is 16.6. The summed E-state index contributed by atoms with van der Waals surface area (Å²) >= 11 is 6.11. The van der Waals surface area contributed by atoms with Crippen LogP contribution in [-0.2, 0) is 13.0 Å². The molecule has 1 aliphatic rings. The van der Waals surface area contributed by atoms with E-state index in [0.717, 1.165) is 28.4 Å². The van der Waals surface area contributed by atoms with E-state index in [1.165, 1.54) is 0 Å². The molecule has 0 bridgehead atoms. The Morgan fingerprint density at radius 2 is 1.68 bits per heavy atom. The van der Waals surface area contributed by atoms with Gasteiger partial charge in [-0.3, -0.25) is 4.79 Å². The predicted octanol–water partition coefficient (Wildman–Crippen LogP) is 4.83. The molecule has 1 aliphatic carbocycles. The van der Waals surface area contributed by atoms with Gasteiger partial charge in [-0.15, -0.1) is 0 Å². The van der Waals surface area contributed by atoms with Crippen molar-refractivity contribution in [3.05, 3.63) is 113 Å². The van der Waals surface area contributed by atoms with Gasteiger partial charge in [0.25, 0.3) is 5.56 Å². The number of hydrogen-bond acceptors (Lipinski definition) is 4. The molecule has 7 heteroatoms. The molecule has 0 N–H and O–H groups in total. The van der Waals surface area contributed by atoms with Gasteiger partial charge >= 0.3 is 0 Å². The zero-order valence-corrected chi connectivity index (χ0v) is 19.6. The Morgan fingerprint density at radius 1 is 0.941 bits per heavy atom. The molecule has 1 saturated carbocycles. The summed E-state index contributed by atoms with van der Waals surface area (Å²) in [5.74, 6) is 2.31. The topological polar surface area (TPSA) is 57.8 Å². The van der Waals surface area contributed by atoms with E-state index in [-0.39, 0.29) is 5.56 Å². The maximum absolute atomic E-state index is 13.6. The first-order valence-electron chi connectivity index (χ1n) is 10.9. The predicted molar refractivity (Wildman–Crippen MR) is 133 cm³/mol. The van der Waals surface area contributed by atoms with Gasteiger partial charge in [0.15, 0.2) is 11.5 Å². The van der Waals surface area contributed by atoms with E-state index >= 15 is 0 Å². The summed E-state index contributed by atoms with van der Waals surface area (Å²) in [6.45, 7) is 0.486. The quantitative estimate of drug-likeness (QED) is 0.386. The minimum absolute atomic E-state index is 0.0989. The highest BCUT2D eigenvalue weighted by atomic mass is 35.5. The highest BCUT2D eigenvalue weighted by Gasteiger charge is 2.23. The van der Waals surface area contributed by atoms with E-state index in [0.29, 0.717) is 35.0 Å². The molecule has 0 amide bonds. The molecule has 0 atom stereocenters. The summed E-state index contributed by atoms with van der Waals surface area (Å²) in [6, 6.07) is 15.1. The van der Waals surface area contributed by atoms with Gasteiger partial charge in [0.2, 0.25) is 0 Å². The van der Waals surface area contributed by atoms with Crippen molar-refractivity contribution in [1.82, 2.24) is 14.2 Å². The third kappa shape index (κ3) is 4.30. The molecule has 0 aliphatic heterocycles. The minimum Gasteiger partial charge on any atom is -0.493 e. The lowest BCUT2D eigenvalue weighted by Crippen LogP contribution is -2.25. The smallest absolute Gasteiger partial charge is 0.277 e. The van der Waals surface area contributed by atoms with Gasteiger partial charge in [-0.05, 0) is 73.6 Å². The van der Waals surface area contributed by atoms with Crippen LogP contribution in [0, 0.1) is 31.6 Å². The summed E-state index contributed by atoms with van der Waals surface area (Å²) in [5, 5.41) is 5.31. The molecule has 0 spiro atoms. The van der Waals surface area contributed by atoms with Gasteiger partial charge in [-0.1, -0.05) is 29.8 Å². The summed E-state index contributed by atoms with van der Waals surface area (Å²) in [4.78, 5) is 13.6.